The lowest BCUT2D eigenvalue weighted by Gasteiger charge is -2.24. The summed E-state index contributed by atoms with van der Waals surface area (Å²) in [6.07, 6.45) is 2.19. The summed E-state index contributed by atoms with van der Waals surface area (Å²) in [5, 5.41) is 14.8. The Balaban J connectivity index is 1.89. The lowest BCUT2D eigenvalue weighted by molar-refractivity contribution is 0.129. The lowest BCUT2D eigenvalue weighted by Crippen LogP contribution is -2.39. The van der Waals surface area contributed by atoms with Crippen molar-refractivity contribution in [3.05, 3.63) is 52.0 Å². The Labute approximate surface area is 124 Å². The molecule has 1 aromatic heterocycles. The van der Waals surface area contributed by atoms with Gasteiger partial charge in [-0.2, -0.15) is 0 Å². The molecular formula is C16H22N2OS. The maximum absolute atomic E-state index is 10.3. The fourth-order valence-electron chi connectivity index (χ4n) is 2.20. The van der Waals surface area contributed by atoms with E-state index in [1.807, 2.05) is 50.4 Å². The number of aliphatic hydroxyl groups is 1. The van der Waals surface area contributed by atoms with Crippen LogP contribution in [0.3, 0.4) is 0 Å². The van der Waals surface area contributed by atoms with Gasteiger partial charge in [0.15, 0.2) is 0 Å². The van der Waals surface area contributed by atoms with Crippen LogP contribution in [0.25, 0.3) is 0 Å². The summed E-state index contributed by atoms with van der Waals surface area (Å²) in [6, 6.07) is 10.3. The Kier molecular flexibility index (Phi) is 5.29. The molecule has 0 aliphatic heterocycles. The third-order valence-electron chi connectivity index (χ3n) is 3.44. The van der Waals surface area contributed by atoms with E-state index in [4.69, 9.17) is 0 Å². The van der Waals surface area contributed by atoms with E-state index in [1.54, 1.807) is 11.3 Å². The molecule has 0 saturated heterocycles. The molecule has 2 rings (SSSR count). The van der Waals surface area contributed by atoms with Crippen molar-refractivity contribution < 1.29 is 5.11 Å². The molecule has 0 bridgehead atoms. The summed E-state index contributed by atoms with van der Waals surface area (Å²) in [5.41, 5.74) is 1.16. The molecule has 1 aromatic carbocycles. The van der Waals surface area contributed by atoms with Gasteiger partial charge in [-0.3, -0.25) is 0 Å². The minimum Gasteiger partial charge on any atom is -0.391 e. The van der Waals surface area contributed by atoms with E-state index >= 15 is 0 Å². The number of hydrogen-bond acceptors (Lipinski definition) is 4. The first-order valence-electron chi connectivity index (χ1n) is 6.96. The Hall–Kier alpha value is -1.23. The second kappa shape index (κ2) is 6.97. The average molecular weight is 290 g/mol. The molecule has 0 saturated carbocycles. The molecule has 0 aliphatic rings. The first-order chi connectivity index (χ1) is 9.56. The first kappa shape index (κ1) is 15.2. The molecule has 2 aromatic rings. The van der Waals surface area contributed by atoms with Gasteiger partial charge in [0.2, 0.25) is 0 Å². The molecule has 0 spiro atoms. The Bertz CT molecular complexity index is 526. The molecule has 20 heavy (non-hydrogen) atoms. The summed E-state index contributed by atoms with van der Waals surface area (Å²) < 4.78 is 0. The summed E-state index contributed by atoms with van der Waals surface area (Å²) in [6.45, 7) is 6.14. The van der Waals surface area contributed by atoms with Gasteiger partial charge in [-0.25, -0.2) is 4.98 Å². The fourth-order valence-corrected chi connectivity index (χ4v) is 2.99. The normalized spacial score (nSPS) is 15.8. The van der Waals surface area contributed by atoms with Gasteiger partial charge in [-0.15, -0.1) is 11.3 Å². The molecule has 0 radical (unpaired) electrons. The highest BCUT2D eigenvalue weighted by atomic mass is 32.1. The monoisotopic (exact) mass is 290 g/mol. The second-order valence-corrected chi connectivity index (χ2v) is 6.48. The largest absolute Gasteiger partial charge is 0.391 e. The van der Waals surface area contributed by atoms with Crippen LogP contribution in [0.15, 0.2) is 36.5 Å². The van der Waals surface area contributed by atoms with E-state index in [2.05, 4.69) is 17.2 Å². The molecule has 3 atom stereocenters. The summed E-state index contributed by atoms with van der Waals surface area (Å²) in [5.74, 6) is 0. The van der Waals surface area contributed by atoms with Gasteiger partial charge in [-0.05, 0) is 32.8 Å². The lowest BCUT2D eigenvalue weighted by atomic mass is 10.0. The van der Waals surface area contributed by atoms with Crippen LogP contribution in [-0.2, 0) is 6.42 Å². The summed E-state index contributed by atoms with van der Waals surface area (Å²) in [4.78, 5) is 5.48. The van der Waals surface area contributed by atoms with Crippen molar-refractivity contribution in [1.29, 1.82) is 0 Å². The van der Waals surface area contributed by atoms with Crippen LogP contribution in [0, 0.1) is 6.92 Å². The van der Waals surface area contributed by atoms with Crippen molar-refractivity contribution in [3.63, 3.8) is 0 Å². The first-order valence-corrected chi connectivity index (χ1v) is 7.78. The van der Waals surface area contributed by atoms with Crippen LogP contribution >= 0.6 is 11.3 Å². The summed E-state index contributed by atoms with van der Waals surface area (Å²) >= 11 is 1.70. The molecule has 4 heteroatoms. The Morgan fingerprint density at radius 2 is 1.95 bits per heavy atom. The molecule has 108 valence electrons. The molecule has 2 N–H and O–H groups in total. The standard InChI is InChI=1S/C16H22N2OS/c1-11(15(19)9-14-7-5-4-6-8-14)18-12(2)16-10-17-13(3)20-16/h4-8,10-12,15,18-19H,9H2,1-3H3. The molecule has 0 fully saturated rings. The maximum atomic E-state index is 10.3. The van der Waals surface area contributed by atoms with Crippen molar-refractivity contribution in [2.45, 2.75) is 45.4 Å². The molecule has 3 unspecified atom stereocenters. The van der Waals surface area contributed by atoms with Crippen LogP contribution in [-0.4, -0.2) is 22.2 Å². The van der Waals surface area contributed by atoms with Crippen molar-refractivity contribution in [1.82, 2.24) is 10.3 Å². The van der Waals surface area contributed by atoms with Crippen LogP contribution in [0.5, 0.6) is 0 Å². The minimum absolute atomic E-state index is 0.0348. The van der Waals surface area contributed by atoms with Gasteiger partial charge < -0.3 is 10.4 Å². The van der Waals surface area contributed by atoms with Gasteiger partial charge in [0.1, 0.15) is 0 Å². The van der Waals surface area contributed by atoms with E-state index in [0.29, 0.717) is 6.42 Å². The van der Waals surface area contributed by atoms with E-state index in [1.165, 1.54) is 4.88 Å². The highest BCUT2D eigenvalue weighted by Gasteiger charge is 2.18. The zero-order chi connectivity index (χ0) is 14.5. The van der Waals surface area contributed by atoms with Crippen LogP contribution in [0.4, 0.5) is 0 Å². The number of thiazole rings is 1. The maximum Gasteiger partial charge on any atom is 0.0897 e. The highest BCUT2D eigenvalue weighted by Crippen LogP contribution is 2.21. The topological polar surface area (TPSA) is 45.2 Å². The van der Waals surface area contributed by atoms with E-state index < -0.39 is 6.10 Å². The Morgan fingerprint density at radius 1 is 1.25 bits per heavy atom. The van der Waals surface area contributed by atoms with Crippen molar-refractivity contribution in [3.8, 4) is 0 Å². The predicted molar refractivity (Wildman–Crippen MR) is 84.0 cm³/mol. The van der Waals surface area contributed by atoms with E-state index in [9.17, 15) is 5.11 Å². The fraction of sp³-hybridized carbons (Fsp3) is 0.438. The van der Waals surface area contributed by atoms with Gasteiger partial charge in [0, 0.05) is 23.2 Å². The van der Waals surface area contributed by atoms with E-state index in [0.717, 1.165) is 10.6 Å². The molecular weight excluding hydrogens is 268 g/mol. The molecule has 3 nitrogen and oxygen atoms in total. The van der Waals surface area contributed by atoms with E-state index in [-0.39, 0.29) is 12.1 Å². The van der Waals surface area contributed by atoms with Crippen molar-refractivity contribution >= 4 is 11.3 Å². The third-order valence-corrected chi connectivity index (χ3v) is 4.54. The highest BCUT2D eigenvalue weighted by molar-refractivity contribution is 7.11. The summed E-state index contributed by atoms with van der Waals surface area (Å²) in [7, 11) is 0. The smallest absolute Gasteiger partial charge is 0.0897 e. The number of aryl methyl sites for hydroxylation is 1. The van der Waals surface area contributed by atoms with Crippen LogP contribution < -0.4 is 5.32 Å². The van der Waals surface area contributed by atoms with Crippen molar-refractivity contribution in [2.24, 2.45) is 0 Å². The number of aromatic nitrogens is 1. The number of nitrogens with one attached hydrogen (secondary N) is 1. The number of nitrogens with zero attached hydrogens (tertiary/aromatic N) is 1. The quantitative estimate of drug-likeness (QED) is 0.859. The van der Waals surface area contributed by atoms with Crippen LogP contribution in [0.2, 0.25) is 0 Å². The average Bonchev–Trinajstić information content (AvgIpc) is 2.86. The molecule has 0 amide bonds. The number of aliphatic hydroxyl groups excluding tert-OH is 1. The van der Waals surface area contributed by atoms with Gasteiger partial charge >= 0.3 is 0 Å². The zero-order valence-corrected chi connectivity index (χ0v) is 13.0. The van der Waals surface area contributed by atoms with Gasteiger partial charge in [0.05, 0.1) is 11.1 Å². The van der Waals surface area contributed by atoms with Gasteiger partial charge in [-0.1, -0.05) is 30.3 Å². The molecule has 1 heterocycles. The molecule has 0 aliphatic carbocycles. The van der Waals surface area contributed by atoms with Crippen molar-refractivity contribution in [2.75, 3.05) is 0 Å². The van der Waals surface area contributed by atoms with Crippen LogP contribution in [0.1, 0.15) is 35.3 Å². The number of hydrogen-bond donors (Lipinski definition) is 2. The second-order valence-electron chi connectivity index (χ2n) is 5.22. The predicted octanol–water partition coefficient (Wildman–Crippen LogP) is 3.09. The third kappa shape index (κ3) is 4.13. The Morgan fingerprint density at radius 3 is 2.55 bits per heavy atom. The zero-order valence-electron chi connectivity index (χ0n) is 12.2. The SMILES string of the molecule is Cc1ncc(C(C)NC(C)C(O)Cc2ccccc2)s1. The minimum atomic E-state index is -0.395. The number of benzene rings is 1. The number of rotatable bonds is 6. The van der Waals surface area contributed by atoms with Gasteiger partial charge in [0.25, 0.3) is 0 Å².